The summed E-state index contributed by atoms with van der Waals surface area (Å²) in [5.74, 6) is 0.831. The molecule has 1 aromatic heterocycles. The Bertz CT molecular complexity index is 1220. The van der Waals surface area contributed by atoms with Crippen LogP contribution in [-0.4, -0.2) is 47.9 Å². The Morgan fingerprint density at radius 1 is 1.05 bits per heavy atom. The second kappa shape index (κ2) is 12.6. The summed E-state index contributed by atoms with van der Waals surface area (Å²) in [6, 6.07) is 15.5. The molecule has 5 nitrogen and oxygen atoms in total. The quantitative estimate of drug-likeness (QED) is 0.290. The van der Waals surface area contributed by atoms with Crippen LogP contribution in [0.15, 0.2) is 60.0 Å². The van der Waals surface area contributed by atoms with E-state index in [-0.39, 0.29) is 24.4 Å². The summed E-state index contributed by atoms with van der Waals surface area (Å²) in [5, 5.41) is 2.07. The first-order chi connectivity index (χ1) is 18.2. The molecule has 7 heteroatoms. The van der Waals surface area contributed by atoms with E-state index < -0.39 is 5.82 Å². The molecule has 0 saturated carbocycles. The van der Waals surface area contributed by atoms with Crippen LogP contribution in [0.25, 0.3) is 0 Å². The average molecular weight is 537 g/mol. The molecule has 1 atom stereocenters. The molecule has 1 aliphatic heterocycles. The summed E-state index contributed by atoms with van der Waals surface area (Å²) in [6.07, 6.45) is 1.56. The molecule has 0 fully saturated rings. The van der Waals surface area contributed by atoms with Gasteiger partial charge in [0.05, 0.1) is 6.04 Å². The molecule has 0 saturated heterocycles. The van der Waals surface area contributed by atoms with Crippen molar-refractivity contribution in [3.8, 4) is 5.75 Å². The summed E-state index contributed by atoms with van der Waals surface area (Å²) < 4.78 is 19.6. The monoisotopic (exact) mass is 536 g/mol. The van der Waals surface area contributed by atoms with Crippen LogP contribution in [0.3, 0.4) is 0 Å². The lowest BCUT2D eigenvalue weighted by atomic mass is 10.00. The maximum atomic E-state index is 13.7. The molecule has 2 amide bonds. The first kappa shape index (κ1) is 27.8. The molecule has 0 N–H and O–H groups in total. The van der Waals surface area contributed by atoms with Gasteiger partial charge in [0.2, 0.25) is 5.91 Å². The molecule has 0 radical (unpaired) electrons. The van der Waals surface area contributed by atoms with Gasteiger partial charge in [0.25, 0.3) is 5.91 Å². The Morgan fingerprint density at radius 2 is 1.76 bits per heavy atom. The number of rotatable bonds is 10. The molecule has 3 aromatic rings. The zero-order valence-electron chi connectivity index (χ0n) is 22.7. The van der Waals surface area contributed by atoms with Crippen LogP contribution < -0.4 is 4.74 Å². The van der Waals surface area contributed by atoms with Crippen molar-refractivity contribution in [2.24, 2.45) is 5.92 Å². The van der Waals surface area contributed by atoms with E-state index in [2.05, 4.69) is 51.3 Å². The lowest BCUT2D eigenvalue weighted by Crippen LogP contribution is -2.48. The Labute approximate surface area is 229 Å². The van der Waals surface area contributed by atoms with Gasteiger partial charge >= 0.3 is 0 Å². The summed E-state index contributed by atoms with van der Waals surface area (Å²) in [5.41, 5.74) is 2.75. The van der Waals surface area contributed by atoms with Crippen molar-refractivity contribution in [1.29, 1.82) is 0 Å². The van der Waals surface area contributed by atoms with Gasteiger partial charge in [-0.2, -0.15) is 0 Å². The number of halogens is 1. The Balaban J connectivity index is 1.51. The molecule has 0 spiro atoms. The number of ether oxygens (including phenoxy) is 1. The fourth-order valence-electron chi connectivity index (χ4n) is 4.69. The van der Waals surface area contributed by atoms with Gasteiger partial charge in [-0.25, -0.2) is 4.39 Å². The first-order valence-electron chi connectivity index (χ1n) is 13.4. The highest BCUT2D eigenvalue weighted by molar-refractivity contribution is 7.10. The normalized spacial score (nSPS) is 15.0. The summed E-state index contributed by atoms with van der Waals surface area (Å²) in [6.45, 7) is 9.85. The number of fused-ring (bicyclic) bond motifs is 1. The van der Waals surface area contributed by atoms with Crippen LogP contribution in [0.5, 0.6) is 5.75 Å². The highest BCUT2D eigenvalue weighted by Gasteiger charge is 2.33. The standard InChI is InChI=1S/C31H37FN2O3S/c1-21(2)13-16-33(31(36)24-5-9-25(32)10-6-24)19-30(35)34-17-14-29-27(15-18-38-29)28(34)20-37-26-11-7-23(8-12-26)22(3)4/h5-12,15,18,21-22,28H,13-14,16-17,19-20H2,1-4H3/t28-/m0/s1. The lowest BCUT2D eigenvalue weighted by Gasteiger charge is -2.37. The maximum absolute atomic E-state index is 13.7. The third-order valence-electron chi connectivity index (χ3n) is 7.05. The largest absolute Gasteiger partial charge is 0.491 e. The van der Waals surface area contributed by atoms with Crippen molar-refractivity contribution >= 4 is 23.2 Å². The van der Waals surface area contributed by atoms with Crippen molar-refractivity contribution < 1.29 is 18.7 Å². The SMILES string of the molecule is CC(C)CCN(CC(=O)N1CCc2sccc2[C@@H]1COc1ccc(C(C)C)cc1)C(=O)c1ccc(F)cc1. The Morgan fingerprint density at radius 3 is 2.42 bits per heavy atom. The Hall–Kier alpha value is -3.19. The van der Waals surface area contributed by atoms with E-state index in [0.29, 0.717) is 37.1 Å². The molecule has 38 heavy (non-hydrogen) atoms. The molecule has 2 aromatic carbocycles. The van der Waals surface area contributed by atoms with Gasteiger partial charge in [-0.05, 0) is 83.6 Å². The van der Waals surface area contributed by atoms with Crippen LogP contribution in [0, 0.1) is 11.7 Å². The maximum Gasteiger partial charge on any atom is 0.254 e. The molecule has 0 aliphatic carbocycles. The third-order valence-corrected chi connectivity index (χ3v) is 8.05. The zero-order chi connectivity index (χ0) is 27.2. The smallest absolute Gasteiger partial charge is 0.254 e. The van der Waals surface area contributed by atoms with E-state index in [4.69, 9.17) is 4.74 Å². The predicted molar refractivity (Wildman–Crippen MR) is 150 cm³/mol. The number of amides is 2. The topological polar surface area (TPSA) is 49.9 Å². The van der Waals surface area contributed by atoms with Crippen LogP contribution >= 0.6 is 11.3 Å². The predicted octanol–water partition coefficient (Wildman–Crippen LogP) is 6.70. The minimum Gasteiger partial charge on any atom is -0.491 e. The van der Waals surface area contributed by atoms with Crippen LogP contribution in [0.4, 0.5) is 4.39 Å². The van der Waals surface area contributed by atoms with Gasteiger partial charge in [0, 0.05) is 23.5 Å². The second-order valence-corrected chi connectivity index (χ2v) is 11.6. The number of carbonyl (C=O) groups excluding carboxylic acids is 2. The van der Waals surface area contributed by atoms with E-state index in [9.17, 15) is 14.0 Å². The molecular weight excluding hydrogens is 499 g/mol. The van der Waals surface area contributed by atoms with E-state index >= 15 is 0 Å². The molecule has 202 valence electrons. The highest BCUT2D eigenvalue weighted by atomic mass is 32.1. The minimum absolute atomic E-state index is 0.0258. The van der Waals surface area contributed by atoms with Crippen LogP contribution in [0.2, 0.25) is 0 Å². The first-order valence-corrected chi connectivity index (χ1v) is 14.2. The minimum atomic E-state index is -0.395. The number of hydrogen-bond acceptors (Lipinski definition) is 4. The highest BCUT2D eigenvalue weighted by Crippen LogP contribution is 2.34. The van der Waals surface area contributed by atoms with Crippen molar-refractivity contribution in [3.05, 3.63) is 87.4 Å². The average Bonchev–Trinajstić information content (AvgIpc) is 3.39. The van der Waals surface area contributed by atoms with Crippen molar-refractivity contribution in [1.82, 2.24) is 9.80 Å². The summed E-state index contributed by atoms with van der Waals surface area (Å²) in [4.78, 5) is 31.8. The zero-order valence-corrected chi connectivity index (χ0v) is 23.5. The van der Waals surface area contributed by atoms with Gasteiger partial charge < -0.3 is 14.5 Å². The molecule has 2 heterocycles. The molecule has 0 bridgehead atoms. The van der Waals surface area contributed by atoms with Crippen LogP contribution in [0.1, 0.15) is 72.4 Å². The number of carbonyl (C=O) groups is 2. The molecule has 1 aliphatic rings. The number of nitrogens with zero attached hydrogens (tertiary/aromatic N) is 2. The van der Waals surface area contributed by atoms with Gasteiger partial charge in [-0.3, -0.25) is 9.59 Å². The van der Waals surface area contributed by atoms with Crippen molar-refractivity contribution in [3.63, 3.8) is 0 Å². The fourth-order valence-corrected chi connectivity index (χ4v) is 5.62. The van der Waals surface area contributed by atoms with E-state index in [0.717, 1.165) is 24.2 Å². The third kappa shape index (κ3) is 6.81. The van der Waals surface area contributed by atoms with Crippen molar-refractivity contribution in [2.75, 3.05) is 26.2 Å². The van der Waals surface area contributed by atoms with Crippen molar-refractivity contribution in [2.45, 2.75) is 52.5 Å². The molecule has 0 unspecified atom stereocenters. The van der Waals surface area contributed by atoms with Gasteiger partial charge in [-0.15, -0.1) is 11.3 Å². The van der Waals surface area contributed by atoms with Gasteiger partial charge in [0.15, 0.2) is 0 Å². The fraction of sp³-hybridized carbons (Fsp3) is 0.419. The van der Waals surface area contributed by atoms with E-state index in [1.54, 1.807) is 16.2 Å². The number of benzene rings is 2. The lowest BCUT2D eigenvalue weighted by molar-refractivity contribution is -0.135. The Kier molecular flexibility index (Phi) is 9.21. The van der Waals surface area contributed by atoms with Gasteiger partial charge in [-0.1, -0.05) is 39.8 Å². The summed E-state index contributed by atoms with van der Waals surface area (Å²) >= 11 is 1.71. The summed E-state index contributed by atoms with van der Waals surface area (Å²) in [7, 11) is 0. The second-order valence-electron chi connectivity index (χ2n) is 10.6. The van der Waals surface area contributed by atoms with E-state index in [1.807, 2.05) is 17.0 Å². The number of thiophene rings is 1. The molecule has 4 rings (SSSR count). The van der Waals surface area contributed by atoms with E-state index in [1.165, 1.54) is 34.7 Å². The molecular formula is C31H37FN2O3S. The number of hydrogen-bond donors (Lipinski definition) is 0. The van der Waals surface area contributed by atoms with Crippen LogP contribution in [-0.2, 0) is 11.2 Å². The van der Waals surface area contributed by atoms with Gasteiger partial charge in [0.1, 0.15) is 24.7 Å².